The highest BCUT2D eigenvalue weighted by atomic mass is 19.1. The van der Waals surface area contributed by atoms with Gasteiger partial charge in [-0.25, -0.2) is 13.5 Å². The van der Waals surface area contributed by atoms with Gasteiger partial charge in [-0.1, -0.05) is 25.7 Å². The van der Waals surface area contributed by atoms with E-state index in [-0.39, 0.29) is 41.9 Å². The number of imidazole rings is 1. The third-order valence-corrected chi connectivity index (χ3v) is 10.7. The summed E-state index contributed by atoms with van der Waals surface area (Å²) in [5.41, 5.74) is 1.23. The first-order chi connectivity index (χ1) is 18.9. The van der Waals surface area contributed by atoms with Crippen LogP contribution in [0.1, 0.15) is 63.6 Å². The lowest BCUT2D eigenvalue weighted by Crippen LogP contribution is -2.70. The molecule has 0 spiro atoms. The molecule has 3 aliphatic heterocycles. The Bertz CT molecular complexity index is 1160. The van der Waals surface area contributed by atoms with Crippen LogP contribution in [0.4, 0.5) is 4.39 Å². The molecule has 0 aromatic carbocycles. The number of aromatic nitrogens is 2. The maximum Gasteiger partial charge on any atom is 0.259 e. The van der Waals surface area contributed by atoms with Gasteiger partial charge in [0.1, 0.15) is 24.2 Å². The van der Waals surface area contributed by atoms with E-state index in [0.717, 1.165) is 25.1 Å². The molecule has 0 N–H and O–H groups in total. The van der Waals surface area contributed by atoms with E-state index < -0.39 is 24.2 Å². The van der Waals surface area contributed by atoms with Crippen molar-refractivity contribution in [2.75, 3.05) is 26.3 Å². The highest BCUT2D eigenvalue weighted by molar-refractivity contribution is 6.20. The second-order valence-corrected chi connectivity index (χ2v) is 12.7. The Hall–Kier alpha value is -2.26. The van der Waals surface area contributed by atoms with Crippen LogP contribution in [-0.2, 0) is 25.6 Å². The third-order valence-electron chi connectivity index (χ3n) is 10.7. The molecule has 1 amide bonds. The lowest BCUT2D eigenvalue weighted by Gasteiger charge is -2.60. The Morgan fingerprint density at radius 1 is 1.10 bits per heavy atom. The van der Waals surface area contributed by atoms with Gasteiger partial charge in [0, 0.05) is 32.1 Å². The molecule has 212 valence electrons. The number of hydrogen-bond acceptors (Lipinski definition) is 5. The van der Waals surface area contributed by atoms with Gasteiger partial charge < -0.3 is 19.3 Å². The van der Waals surface area contributed by atoms with Crippen LogP contribution in [0.5, 0.6) is 0 Å². The lowest BCUT2D eigenvalue weighted by atomic mass is 9.65. The summed E-state index contributed by atoms with van der Waals surface area (Å²) < 4.78 is 32.9. The molecule has 7 rings (SSSR count). The van der Waals surface area contributed by atoms with Crippen LogP contribution in [0.2, 0.25) is 0 Å². The first-order valence-corrected chi connectivity index (χ1v) is 15.2. The number of amides is 1. The zero-order chi connectivity index (χ0) is 26.8. The van der Waals surface area contributed by atoms with Crippen LogP contribution in [0.3, 0.4) is 0 Å². The first-order valence-electron chi connectivity index (χ1n) is 15.2. The quantitative estimate of drug-likeness (QED) is 0.435. The summed E-state index contributed by atoms with van der Waals surface area (Å²) in [6, 6.07) is -0.630. The summed E-state index contributed by atoms with van der Waals surface area (Å²) in [5.74, 6) is 0.295. The fourth-order valence-corrected chi connectivity index (χ4v) is 8.76. The number of halogens is 1. The Labute approximate surface area is 230 Å². The zero-order valence-corrected chi connectivity index (χ0v) is 23.2. The molecule has 4 heterocycles. The Kier molecular flexibility index (Phi) is 6.57. The van der Waals surface area contributed by atoms with E-state index in [4.69, 9.17) is 9.47 Å². The Balaban J connectivity index is 1.29. The molecule has 8 nitrogen and oxygen atoms in total. The monoisotopic (exact) mass is 541 g/mol. The minimum absolute atomic E-state index is 0.0163. The second-order valence-electron chi connectivity index (χ2n) is 12.7. The van der Waals surface area contributed by atoms with Gasteiger partial charge in [-0.15, -0.1) is 0 Å². The molecule has 0 radical (unpaired) electrons. The summed E-state index contributed by atoms with van der Waals surface area (Å²) in [7, 11) is 0. The lowest BCUT2D eigenvalue weighted by molar-refractivity contribution is -0.693. The number of morpholine rings is 2. The minimum atomic E-state index is -1.24. The predicted octanol–water partition coefficient (Wildman–Crippen LogP) is 2.74. The van der Waals surface area contributed by atoms with E-state index in [0.29, 0.717) is 38.1 Å². The average molecular weight is 542 g/mol. The number of ketones is 1. The standard InChI is InChI=1S/C30H42FN4O4/c1-3-32-15-18(2)35(17-32)27-23(31)14-21-26-29(27)39-25-13-20-7-5-4-6-19(20)12-24(25)34(26)16-22(28(21)36)30(37)33-8-10-38-11-9-33/h15-17,19-21,23-27,29H,3-14H2,1-2H3/q+1. The molecular formula is C30H42FN4O4+. The normalized spacial score (nSPS) is 39.9. The highest BCUT2D eigenvalue weighted by Crippen LogP contribution is 2.52. The topological polar surface area (TPSA) is 67.9 Å². The number of nitrogens with zero attached hydrogens (tertiary/aromatic N) is 4. The van der Waals surface area contributed by atoms with Crippen LogP contribution < -0.4 is 4.57 Å². The molecule has 9 unspecified atom stereocenters. The predicted molar refractivity (Wildman–Crippen MR) is 140 cm³/mol. The number of carbonyl (C=O) groups excluding carboxylic acids is 2. The summed E-state index contributed by atoms with van der Waals surface area (Å²) in [5, 5.41) is 0. The molecule has 6 aliphatic rings. The van der Waals surface area contributed by atoms with Crippen LogP contribution >= 0.6 is 0 Å². The molecule has 39 heavy (non-hydrogen) atoms. The zero-order valence-electron chi connectivity index (χ0n) is 23.2. The molecule has 5 fully saturated rings. The molecule has 1 aromatic rings. The van der Waals surface area contributed by atoms with E-state index in [2.05, 4.69) is 22.6 Å². The molecule has 3 saturated carbocycles. The van der Waals surface area contributed by atoms with Gasteiger partial charge in [0.25, 0.3) is 5.91 Å². The van der Waals surface area contributed by atoms with Crippen molar-refractivity contribution in [3.8, 4) is 0 Å². The summed E-state index contributed by atoms with van der Waals surface area (Å²) in [6.07, 6.45) is 11.4. The number of Topliss-reactive ketones (excluding diaryl/α,β-unsaturated/α-hetero) is 1. The van der Waals surface area contributed by atoms with Crippen molar-refractivity contribution in [2.45, 2.75) is 102 Å². The van der Waals surface area contributed by atoms with Crippen molar-refractivity contribution in [2.24, 2.45) is 17.8 Å². The maximum absolute atomic E-state index is 16.3. The van der Waals surface area contributed by atoms with Crippen LogP contribution in [0, 0.1) is 24.7 Å². The first kappa shape index (κ1) is 25.7. The summed E-state index contributed by atoms with van der Waals surface area (Å²) >= 11 is 0. The van der Waals surface area contributed by atoms with Gasteiger partial charge in [-0.3, -0.25) is 9.59 Å². The van der Waals surface area contributed by atoms with Crippen molar-refractivity contribution < 1.29 is 28.0 Å². The van der Waals surface area contributed by atoms with Crippen molar-refractivity contribution in [3.05, 3.63) is 30.0 Å². The van der Waals surface area contributed by atoms with Gasteiger partial charge in [0.15, 0.2) is 11.8 Å². The number of aryl methyl sites for hydroxylation is 2. The van der Waals surface area contributed by atoms with Gasteiger partial charge >= 0.3 is 0 Å². The number of fused-ring (bicyclic) bond motifs is 3. The molecule has 1 aromatic heterocycles. The third kappa shape index (κ3) is 4.17. The largest absolute Gasteiger partial charge is 0.378 e. The van der Waals surface area contributed by atoms with E-state index in [1.54, 1.807) is 4.90 Å². The average Bonchev–Trinajstić information content (AvgIpc) is 3.33. The van der Waals surface area contributed by atoms with Crippen LogP contribution in [0.15, 0.2) is 24.3 Å². The number of ether oxygens (including phenoxy) is 2. The SMILES string of the molecule is CC[n+]1cc(C)n(C2C(F)CC3C(=O)C(C(=O)N4CCOCC4)=CN4C5CC6CCCCC6CC5OC2C34)c1. The molecule has 9 heteroatoms. The van der Waals surface area contributed by atoms with Gasteiger partial charge in [-0.05, 0) is 38.0 Å². The highest BCUT2D eigenvalue weighted by Gasteiger charge is 2.61. The number of rotatable bonds is 3. The van der Waals surface area contributed by atoms with Crippen molar-refractivity contribution >= 4 is 11.7 Å². The van der Waals surface area contributed by atoms with Gasteiger partial charge in [-0.2, -0.15) is 0 Å². The summed E-state index contributed by atoms with van der Waals surface area (Å²) in [4.78, 5) is 31.7. The molecule has 3 aliphatic carbocycles. The Morgan fingerprint density at radius 3 is 2.56 bits per heavy atom. The van der Waals surface area contributed by atoms with Crippen molar-refractivity contribution in [3.63, 3.8) is 0 Å². The smallest absolute Gasteiger partial charge is 0.259 e. The minimum Gasteiger partial charge on any atom is -0.378 e. The van der Waals surface area contributed by atoms with Crippen molar-refractivity contribution in [1.82, 2.24) is 14.4 Å². The van der Waals surface area contributed by atoms with E-state index >= 15 is 4.39 Å². The summed E-state index contributed by atoms with van der Waals surface area (Å²) in [6.45, 7) is 6.84. The maximum atomic E-state index is 16.3. The van der Waals surface area contributed by atoms with E-state index in [1.807, 2.05) is 24.0 Å². The fourth-order valence-electron chi connectivity index (χ4n) is 8.76. The van der Waals surface area contributed by atoms with Crippen molar-refractivity contribution in [1.29, 1.82) is 0 Å². The molecule has 0 bridgehead atoms. The number of alkyl halides is 1. The fraction of sp³-hybridized carbons (Fsp3) is 0.767. The second kappa shape index (κ2) is 9.98. The van der Waals surface area contributed by atoms with E-state index in [1.165, 1.54) is 25.7 Å². The molecule has 9 atom stereocenters. The number of carbonyl (C=O) groups is 2. The van der Waals surface area contributed by atoms with Crippen LogP contribution in [-0.4, -0.2) is 82.8 Å². The van der Waals surface area contributed by atoms with Crippen LogP contribution in [0.25, 0.3) is 0 Å². The Morgan fingerprint density at radius 2 is 1.85 bits per heavy atom. The molecular weight excluding hydrogens is 499 g/mol. The number of hydrogen-bond donors (Lipinski definition) is 0. The van der Waals surface area contributed by atoms with Gasteiger partial charge in [0.05, 0.1) is 43.5 Å². The molecule has 2 saturated heterocycles. The van der Waals surface area contributed by atoms with E-state index in [9.17, 15) is 9.59 Å². The van der Waals surface area contributed by atoms with Gasteiger partial charge in [0.2, 0.25) is 6.33 Å².